The van der Waals surface area contributed by atoms with Crippen LogP contribution in [0, 0.1) is 11.3 Å². The van der Waals surface area contributed by atoms with Gasteiger partial charge in [-0.1, -0.05) is 76.7 Å². The van der Waals surface area contributed by atoms with Crippen LogP contribution in [0.4, 0.5) is 0 Å². The molecule has 4 aromatic rings. The van der Waals surface area contributed by atoms with Crippen molar-refractivity contribution in [2.24, 2.45) is 11.3 Å². The molecule has 4 N–H and O–H groups in total. The normalized spacial score (nSPS) is 22.0. The van der Waals surface area contributed by atoms with Crippen molar-refractivity contribution in [3.05, 3.63) is 90.5 Å². The number of nitrogens with zero attached hydrogens (tertiary/aromatic N) is 4. The average molecular weight is 861 g/mol. The van der Waals surface area contributed by atoms with Crippen molar-refractivity contribution < 1.29 is 38.9 Å². The first-order chi connectivity index (χ1) is 29.9. The lowest BCUT2D eigenvalue weighted by atomic mass is 9.84. The van der Waals surface area contributed by atoms with Crippen molar-refractivity contribution in [1.29, 1.82) is 0 Å². The Labute approximate surface area is 368 Å². The lowest BCUT2D eigenvalue weighted by Gasteiger charge is -2.37. The van der Waals surface area contributed by atoms with E-state index in [9.17, 15) is 34.2 Å². The summed E-state index contributed by atoms with van der Waals surface area (Å²) in [7, 11) is 1.43. The Hall–Kier alpha value is -5.99. The van der Waals surface area contributed by atoms with Gasteiger partial charge in [-0.15, -0.1) is 0 Å². The average Bonchev–Trinajstić information content (AvgIpc) is 3.81. The van der Waals surface area contributed by atoms with Crippen molar-refractivity contribution >= 4 is 40.5 Å². The summed E-state index contributed by atoms with van der Waals surface area (Å²) in [4.78, 5) is 71.7. The Kier molecular flexibility index (Phi) is 12.9. The Morgan fingerprint density at radius 2 is 1.78 bits per heavy atom. The summed E-state index contributed by atoms with van der Waals surface area (Å²) in [5, 5.41) is 28.0. The summed E-state index contributed by atoms with van der Waals surface area (Å²) >= 11 is 0. The van der Waals surface area contributed by atoms with E-state index in [0.717, 1.165) is 39.4 Å². The highest BCUT2D eigenvalue weighted by atomic mass is 16.5. The van der Waals surface area contributed by atoms with Crippen LogP contribution in [0.2, 0.25) is 0 Å². The molecule has 3 aliphatic heterocycles. The number of hydrogen-bond donors (Lipinski definition) is 4. The molecule has 63 heavy (non-hydrogen) atoms. The minimum atomic E-state index is -1.92. The minimum Gasteiger partial charge on any atom is -0.508 e. The Bertz CT molecular complexity index is 2430. The second-order valence-electron chi connectivity index (χ2n) is 18.4. The lowest BCUT2D eigenvalue weighted by molar-refractivity contribution is -0.156. The molecular formula is C49H60N6O8. The number of carbonyl (C=O) groups excluding carboxylic acids is 5. The molecular weight excluding hydrogens is 801 g/mol. The number of aliphatic hydroxyl groups is 1. The third-order valence-electron chi connectivity index (χ3n) is 12.7. The van der Waals surface area contributed by atoms with Crippen LogP contribution in [0.1, 0.15) is 65.0 Å². The van der Waals surface area contributed by atoms with Gasteiger partial charge < -0.3 is 34.6 Å². The highest BCUT2D eigenvalue weighted by Gasteiger charge is 2.48. The number of hydrogen-bond acceptors (Lipinski definition) is 9. The number of fused-ring (bicyclic) bond motifs is 6. The fourth-order valence-corrected chi connectivity index (χ4v) is 9.55. The molecule has 0 aliphatic carbocycles. The monoisotopic (exact) mass is 860 g/mol. The predicted octanol–water partition coefficient (Wildman–Crippen LogP) is 4.98. The zero-order valence-corrected chi connectivity index (χ0v) is 37.1. The predicted molar refractivity (Wildman–Crippen MR) is 240 cm³/mol. The largest absolute Gasteiger partial charge is 0.508 e. The number of likely N-dealkylation sites (N-methyl/N-ethyl adjacent to an activating group) is 1. The highest BCUT2D eigenvalue weighted by molar-refractivity contribution is 5.97. The first-order valence-corrected chi connectivity index (χ1v) is 21.9. The highest BCUT2D eigenvalue weighted by Crippen LogP contribution is 2.40. The number of phenols is 1. The van der Waals surface area contributed by atoms with Crippen molar-refractivity contribution in [3.8, 4) is 28.1 Å². The van der Waals surface area contributed by atoms with Crippen molar-refractivity contribution in [2.75, 3.05) is 33.3 Å². The topological polar surface area (TPSA) is 174 Å². The number of rotatable bonds is 8. The maximum Gasteiger partial charge on any atom is 0.324 e. The van der Waals surface area contributed by atoms with Crippen LogP contribution in [0.15, 0.2) is 79.4 Å². The van der Waals surface area contributed by atoms with Crippen LogP contribution in [-0.4, -0.2) is 116 Å². The first-order valence-electron chi connectivity index (χ1n) is 21.9. The zero-order valence-electron chi connectivity index (χ0n) is 37.1. The number of phenolic OH excluding ortho intramolecular Hbond substituents is 1. The molecule has 2 saturated heterocycles. The summed E-state index contributed by atoms with van der Waals surface area (Å²) in [6.07, 6.45) is 2.58. The molecule has 7 rings (SSSR count). The molecule has 0 radical (unpaired) electrons. The van der Waals surface area contributed by atoms with Gasteiger partial charge in [-0.3, -0.25) is 29.0 Å². The number of carbonyl (C=O) groups is 5. The van der Waals surface area contributed by atoms with Crippen molar-refractivity contribution in [3.63, 3.8) is 0 Å². The number of nitrogens with one attached hydrogen (secondary N) is 2. The third kappa shape index (κ3) is 9.24. The third-order valence-corrected chi connectivity index (χ3v) is 12.7. The molecule has 334 valence electrons. The van der Waals surface area contributed by atoms with Crippen LogP contribution in [0.5, 0.6) is 5.75 Å². The summed E-state index contributed by atoms with van der Waals surface area (Å²) in [6, 6.07) is 18.5. The Morgan fingerprint density at radius 3 is 2.48 bits per heavy atom. The number of cyclic esters (lactones) is 1. The molecule has 4 atom stereocenters. The van der Waals surface area contributed by atoms with Gasteiger partial charge in [0, 0.05) is 55.8 Å². The fourth-order valence-electron chi connectivity index (χ4n) is 9.55. The van der Waals surface area contributed by atoms with E-state index in [4.69, 9.17) is 4.74 Å². The molecule has 14 heteroatoms. The van der Waals surface area contributed by atoms with Gasteiger partial charge in [0.1, 0.15) is 23.9 Å². The molecule has 0 saturated carbocycles. The number of aromatic hydroxyl groups is 1. The smallest absolute Gasteiger partial charge is 0.324 e. The van der Waals surface area contributed by atoms with Gasteiger partial charge in [-0.05, 0) is 90.3 Å². The molecule has 0 unspecified atom stereocenters. The van der Waals surface area contributed by atoms with Crippen molar-refractivity contribution in [1.82, 2.24) is 30.1 Å². The first kappa shape index (κ1) is 45.0. The quantitative estimate of drug-likeness (QED) is 0.141. The van der Waals surface area contributed by atoms with Crippen LogP contribution >= 0.6 is 0 Å². The van der Waals surface area contributed by atoms with Gasteiger partial charge in [0.15, 0.2) is 5.60 Å². The van der Waals surface area contributed by atoms with Crippen LogP contribution < -0.4 is 10.7 Å². The van der Waals surface area contributed by atoms with Gasteiger partial charge in [-0.25, -0.2) is 5.43 Å². The lowest BCUT2D eigenvalue weighted by Crippen LogP contribution is -2.63. The summed E-state index contributed by atoms with van der Waals surface area (Å²) in [6.45, 7) is 14.3. The van der Waals surface area contributed by atoms with Gasteiger partial charge in [-0.2, -0.15) is 0 Å². The van der Waals surface area contributed by atoms with Crippen LogP contribution in [0.25, 0.3) is 33.3 Å². The van der Waals surface area contributed by atoms with E-state index in [1.165, 1.54) is 21.9 Å². The van der Waals surface area contributed by atoms with E-state index < -0.39 is 64.7 Å². The molecule has 2 fully saturated rings. The number of esters is 1. The number of amides is 4. The Morgan fingerprint density at radius 1 is 1.03 bits per heavy atom. The maximum atomic E-state index is 14.6. The maximum absolute atomic E-state index is 14.6. The second kappa shape index (κ2) is 18.0. The van der Waals surface area contributed by atoms with Gasteiger partial charge in [0.2, 0.25) is 11.8 Å². The van der Waals surface area contributed by atoms with E-state index in [1.807, 2.05) is 30.3 Å². The second-order valence-corrected chi connectivity index (χ2v) is 18.4. The van der Waals surface area contributed by atoms with Gasteiger partial charge in [0.25, 0.3) is 11.8 Å². The molecule has 14 nitrogen and oxygen atoms in total. The van der Waals surface area contributed by atoms with E-state index in [1.54, 1.807) is 26.0 Å². The van der Waals surface area contributed by atoms with E-state index in [-0.39, 0.29) is 44.8 Å². The van der Waals surface area contributed by atoms with Crippen LogP contribution in [0.3, 0.4) is 0 Å². The molecule has 4 heterocycles. The molecule has 6 bridgehead atoms. The number of hydrazine groups is 1. The van der Waals surface area contributed by atoms with E-state index >= 15 is 0 Å². The van der Waals surface area contributed by atoms with E-state index in [0.29, 0.717) is 36.9 Å². The molecule has 4 amide bonds. The van der Waals surface area contributed by atoms with Crippen molar-refractivity contribution in [2.45, 2.75) is 97.0 Å². The summed E-state index contributed by atoms with van der Waals surface area (Å²) in [5.41, 5.74) is 7.11. The number of β-amino-alcohol motifs (C(OH)–C–C–N with tert-alkyl or cyclic N) is 1. The minimum absolute atomic E-state index is 0.0161. The van der Waals surface area contributed by atoms with E-state index in [2.05, 4.69) is 66.9 Å². The number of likely N-dealkylation sites (tertiary alicyclic amines) is 1. The molecule has 3 aromatic carbocycles. The standard InChI is InChI=1S/C49H60N6O8/c1-8-41(57)53-21-19-49(62,28-53)47(61)52(7)42(30(3)4)44(58)50-39-24-31-22-34(25-35(56)23-31)33-17-18-40-36(26-33)37(43(54(40)9-2)32-14-11-10-12-15-32)27-48(5,6)29-63-46(60)38-16-13-20-55(51-38)45(39)59/h8,10-12,14-15,17-18,22-23,25-26,30,38-39,42,51,56,62H,1,9,13,16,19-21,24,27-29H2,2-7H3,(H,50,58)/t38-,39-,42-,49+/m0/s1. The molecule has 0 spiro atoms. The molecule has 1 aromatic heterocycles. The van der Waals surface area contributed by atoms with Gasteiger partial charge in [0.05, 0.1) is 18.8 Å². The number of benzene rings is 3. The SMILES string of the molecule is C=CC(=O)N1CC[C@](O)(C(=O)N(C)[C@H](C(=O)N[C@H]2Cc3cc(O)cc(c3)-c3ccc4c(c3)c(c(-c3ccccc3)n4CC)CC(C)(C)COC(=O)[C@@H]3CCCN(N3)C2=O)C(C)C)C1. The summed E-state index contributed by atoms with van der Waals surface area (Å²) in [5.74, 6) is -3.26. The van der Waals surface area contributed by atoms with Gasteiger partial charge >= 0.3 is 5.97 Å². The fraction of sp³-hybridized carbons (Fsp3) is 0.449. The number of aryl methyl sites for hydroxylation is 1. The molecule has 3 aliphatic rings. The number of aromatic nitrogens is 1. The summed E-state index contributed by atoms with van der Waals surface area (Å²) < 4.78 is 8.36. The zero-order chi connectivity index (χ0) is 45.4. The van der Waals surface area contributed by atoms with Crippen LogP contribution in [-0.2, 0) is 48.1 Å². The Balaban J connectivity index is 1.29. The number of ether oxygens (including phenoxy) is 1.